The van der Waals surface area contributed by atoms with Gasteiger partial charge >= 0.3 is 6.18 Å². The van der Waals surface area contributed by atoms with Crippen LogP contribution in [0.3, 0.4) is 0 Å². The summed E-state index contributed by atoms with van der Waals surface area (Å²) in [5.41, 5.74) is 7.48. The number of nitrogens with two attached hydrogens (primary N) is 1. The highest BCUT2D eigenvalue weighted by Crippen LogP contribution is 2.50. The molecule has 1 amide bonds. The third kappa shape index (κ3) is 10.8. The molecule has 16 heteroatoms. The SMILES string of the molecule is C[C@@H](O[C@H](C)C(F)(F)F)[C@H](N[S@](=O)C(C)(C)C)c1nc2cc([C@@H](COC3CC3)C(C(N)=O)C3CC(F)(F)C3)ccc2n1COCC[Si](C)(C)C. The van der Waals surface area contributed by atoms with Gasteiger partial charge in [0, 0.05) is 33.4 Å². The second-order valence-corrected chi connectivity index (χ2v) is 23.7. The molecule has 0 spiro atoms. The maximum Gasteiger partial charge on any atom is 0.414 e. The molecule has 2 aromatic rings. The largest absolute Gasteiger partial charge is 0.414 e. The van der Waals surface area contributed by atoms with Gasteiger partial charge in [0.15, 0.2) is 6.10 Å². The van der Waals surface area contributed by atoms with Crippen molar-refractivity contribution in [3.63, 3.8) is 0 Å². The van der Waals surface area contributed by atoms with Crippen molar-refractivity contribution in [3.05, 3.63) is 29.6 Å². The highest BCUT2D eigenvalue weighted by molar-refractivity contribution is 7.84. The van der Waals surface area contributed by atoms with Crippen LogP contribution < -0.4 is 10.5 Å². The zero-order valence-electron chi connectivity index (χ0n) is 30.2. The summed E-state index contributed by atoms with van der Waals surface area (Å²) in [7, 11) is -3.19. The van der Waals surface area contributed by atoms with Gasteiger partial charge in [0.05, 0.1) is 51.5 Å². The molecule has 4 rings (SSSR count). The number of hydrogen-bond donors (Lipinski definition) is 2. The number of amides is 1. The molecule has 0 bridgehead atoms. The number of ether oxygens (including phenoxy) is 3. The Balaban J connectivity index is 1.80. The van der Waals surface area contributed by atoms with Gasteiger partial charge in [-0.15, -0.1) is 0 Å². The fraction of sp³-hybridized carbons (Fsp3) is 0.765. The molecule has 0 aliphatic heterocycles. The number of benzene rings is 1. The van der Waals surface area contributed by atoms with Gasteiger partial charge in [-0.25, -0.2) is 22.7 Å². The van der Waals surface area contributed by atoms with E-state index in [2.05, 4.69) is 24.4 Å². The number of carbonyl (C=O) groups excluding carboxylic acids is 1. The molecule has 284 valence electrons. The van der Waals surface area contributed by atoms with Crippen LogP contribution in [-0.4, -0.2) is 76.1 Å². The topological polar surface area (TPSA) is 118 Å². The van der Waals surface area contributed by atoms with E-state index in [9.17, 15) is 31.0 Å². The number of hydrogen-bond acceptors (Lipinski definition) is 6. The molecule has 1 aromatic carbocycles. The zero-order chi connectivity index (χ0) is 37.4. The number of rotatable bonds is 18. The normalized spacial score (nSPS) is 21.0. The van der Waals surface area contributed by atoms with Gasteiger partial charge in [-0.1, -0.05) is 25.7 Å². The Morgan fingerprint density at radius 2 is 1.80 bits per heavy atom. The molecule has 1 unspecified atom stereocenters. The smallest absolute Gasteiger partial charge is 0.378 e. The van der Waals surface area contributed by atoms with Crippen molar-refractivity contribution in [3.8, 4) is 0 Å². The van der Waals surface area contributed by atoms with E-state index in [1.807, 2.05) is 0 Å². The van der Waals surface area contributed by atoms with Crippen LogP contribution in [-0.2, 0) is 36.7 Å². The molecule has 0 saturated heterocycles. The van der Waals surface area contributed by atoms with Crippen LogP contribution in [0.4, 0.5) is 22.0 Å². The van der Waals surface area contributed by atoms with Crippen LogP contribution in [0.25, 0.3) is 11.0 Å². The average Bonchev–Trinajstić information content (AvgIpc) is 3.72. The number of carbonyl (C=O) groups is 1. The maximum absolute atomic E-state index is 14.0. The molecular weight excluding hydrogens is 700 g/mol. The van der Waals surface area contributed by atoms with Gasteiger partial charge < -0.3 is 24.5 Å². The summed E-state index contributed by atoms with van der Waals surface area (Å²) in [6.45, 7) is 14.8. The first-order valence-corrected chi connectivity index (χ1v) is 22.1. The molecule has 6 atom stereocenters. The van der Waals surface area contributed by atoms with Crippen LogP contribution in [0.15, 0.2) is 18.2 Å². The first-order chi connectivity index (χ1) is 23.0. The maximum atomic E-state index is 14.0. The van der Waals surface area contributed by atoms with Gasteiger partial charge in [0.1, 0.15) is 18.6 Å². The number of alkyl halides is 5. The Bertz CT molecular complexity index is 1500. The Labute approximate surface area is 295 Å². The summed E-state index contributed by atoms with van der Waals surface area (Å²) in [6, 6.07) is 5.09. The second kappa shape index (κ2) is 15.5. The van der Waals surface area contributed by atoms with Gasteiger partial charge in [0.25, 0.3) is 0 Å². The zero-order valence-corrected chi connectivity index (χ0v) is 32.1. The number of nitrogens with zero attached hydrogens (tertiary/aromatic N) is 2. The van der Waals surface area contributed by atoms with Crippen LogP contribution in [0.5, 0.6) is 0 Å². The molecule has 2 aliphatic rings. The Hall–Kier alpha value is -1.98. The summed E-state index contributed by atoms with van der Waals surface area (Å²) in [5, 5.41) is 0. The first kappa shape index (κ1) is 40.8. The van der Waals surface area contributed by atoms with Crippen molar-refractivity contribution in [1.82, 2.24) is 14.3 Å². The summed E-state index contributed by atoms with van der Waals surface area (Å²) < 4.78 is 104. The van der Waals surface area contributed by atoms with Crippen LogP contribution in [0, 0.1) is 11.8 Å². The lowest BCUT2D eigenvalue weighted by Crippen LogP contribution is -2.47. The third-order valence-corrected chi connectivity index (χ3v) is 12.6. The second-order valence-electron chi connectivity index (χ2n) is 16.1. The molecular formula is C34H53F5N4O5SSi. The van der Waals surface area contributed by atoms with Crippen LogP contribution >= 0.6 is 0 Å². The monoisotopic (exact) mass is 752 g/mol. The molecule has 0 radical (unpaired) electrons. The van der Waals surface area contributed by atoms with E-state index in [0.717, 1.165) is 25.8 Å². The minimum Gasteiger partial charge on any atom is -0.378 e. The number of primary amides is 1. The number of aromatic nitrogens is 2. The summed E-state index contributed by atoms with van der Waals surface area (Å²) in [6.07, 6.45) is -6.99. The first-order valence-electron chi connectivity index (χ1n) is 17.2. The molecule has 2 saturated carbocycles. The highest BCUT2D eigenvalue weighted by Gasteiger charge is 2.52. The Kier molecular flexibility index (Phi) is 12.7. The molecule has 2 fully saturated rings. The minimum atomic E-state index is -4.63. The van der Waals surface area contributed by atoms with Crippen LogP contribution in [0.1, 0.15) is 83.6 Å². The van der Waals surface area contributed by atoms with E-state index in [1.165, 1.54) is 6.92 Å². The van der Waals surface area contributed by atoms with Crippen molar-refractivity contribution in [2.45, 2.75) is 140 Å². The number of nitrogens with one attached hydrogen (secondary N) is 1. The van der Waals surface area contributed by atoms with Gasteiger partial charge in [-0.05, 0) is 77.1 Å². The van der Waals surface area contributed by atoms with Crippen molar-refractivity contribution >= 4 is 36.0 Å². The van der Waals surface area contributed by atoms with Gasteiger partial charge in [-0.2, -0.15) is 13.2 Å². The number of imidazole rings is 1. The fourth-order valence-electron chi connectivity index (χ4n) is 6.03. The lowest BCUT2D eigenvalue weighted by molar-refractivity contribution is -0.227. The molecule has 50 heavy (non-hydrogen) atoms. The summed E-state index contributed by atoms with van der Waals surface area (Å²) >= 11 is 0. The Morgan fingerprint density at radius 3 is 2.32 bits per heavy atom. The predicted molar refractivity (Wildman–Crippen MR) is 186 cm³/mol. The quantitative estimate of drug-likeness (QED) is 0.0945. The fourth-order valence-corrected chi connectivity index (χ4v) is 7.67. The van der Waals surface area contributed by atoms with Crippen molar-refractivity contribution in [2.75, 3.05) is 13.2 Å². The highest BCUT2D eigenvalue weighted by atomic mass is 32.2. The van der Waals surface area contributed by atoms with Gasteiger partial charge in [0.2, 0.25) is 11.8 Å². The van der Waals surface area contributed by atoms with E-state index in [4.69, 9.17) is 24.9 Å². The van der Waals surface area contributed by atoms with Crippen molar-refractivity contribution in [1.29, 1.82) is 0 Å². The lowest BCUT2D eigenvalue weighted by Gasteiger charge is -2.41. The number of fused-ring (bicyclic) bond motifs is 1. The standard InChI is InChI=1S/C34H53F5N4O5SSi/c1-20(48-21(2)34(37,38)39)29(42-49(45)32(3,4)5)31-41-26-15-22(9-12-27(26)43(31)19-46-13-14-50(6,7)8)25(18-47-24-10-11-24)28(30(40)44)23-16-33(35,36)17-23/h9,12,15,20-21,23-25,28-29,42H,10-11,13-14,16-19H2,1-8H3,(H2,40,44)/t20-,21-,25-,28?,29+,49-/m1/s1. The average molecular weight is 753 g/mol. The van der Waals surface area contributed by atoms with E-state index < -0.39 is 90.7 Å². The minimum absolute atomic E-state index is 0.00677. The molecule has 2 aliphatic carbocycles. The molecule has 3 N–H and O–H groups in total. The summed E-state index contributed by atoms with van der Waals surface area (Å²) in [4.78, 5) is 17.7. The van der Waals surface area contributed by atoms with Crippen LogP contribution in [0.2, 0.25) is 25.7 Å². The lowest BCUT2D eigenvalue weighted by atomic mass is 9.67. The van der Waals surface area contributed by atoms with Crippen molar-refractivity contribution in [2.24, 2.45) is 17.6 Å². The molecule has 1 aromatic heterocycles. The summed E-state index contributed by atoms with van der Waals surface area (Å²) in [5.74, 6) is -5.44. The third-order valence-electron chi connectivity index (χ3n) is 9.29. The predicted octanol–water partition coefficient (Wildman–Crippen LogP) is 7.21. The number of halogens is 5. The van der Waals surface area contributed by atoms with E-state index in [1.54, 1.807) is 43.5 Å². The van der Waals surface area contributed by atoms with Gasteiger partial charge in [-0.3, -0.25) is 4.79 Å². The van der Waals surface area contributed by atoms with E-state index in [0.29, 0.717) is 23.2 Å². The van der Waals surface area contributed by atoms with E-state index in [-0.39, 0.29) is 25.3 Å². The Morgan fingerprint density at radius 1 is 1.16 bits per heavy atom. The van der Waals surface area contributed by atoms with Crippen molar-refractivity contribution < 1.29 is 45.2 Å². The van der Waals surface area contributed by atoms with E-state index >= 15 is 0 Å². The molecule has 9 nitrogen and oxygen atoms in total. The molecule has 1 heterocycles.